The van der Waals surface area contributed by atoms with Gasteiger partial charge in [0.05, 0.1) is 12.3 Å². The van der Waals surface area contributed by atoms with Gasteiger partial charge >= 0.3 is 5.97 Å². The normalized spacial score (nSPS) is 16.4. The molecule has 0 fully saturated rings. The van der Waals surface area contributed by atoms with Crippen molar-refractivity contribution < 1.29 is 14.3 Å². The van der Waals surface area contributed by atoms with Gasteiger partial charge in [0.15, 0.2) is 0 Å². The fraction of sp³-hybridized carbons (Fsp3) is 0.615. The van der Waals surface area contributed by atoms with Gasteiger partial charge in [-0.2, -0.15) is 0 Å². The van der Waals surface area contributed by atoms with Crippen LogP contribution in [0, 0.1) is 0 Å². The van der Waals surface area contributed by atoms with E-state index in [0.29, 0.717) is 6.42 Å². The third-order valence-corrected chi connectivity index (χ3v) is 3.01. The number of aliphatic carboxylic acids is 1. The van der Waals surface area contributed by atoms with Gasteiger partial charge in [0.2, 0.25) is 0 Å². The summed E-state index contributed by atoms with van der Waals surface area (Å²) in [5.74, 6) is -0.0274. The van der Waals surface area contributed by atoms with Crippen LogP contribution in [0.4, 0.5) is 0 Å². The molecule has 2 N–H and O–H groups in total. The molecule has 1 aromatic heterocycles. The monoisotopic (exact) mass is 239 g/mol. The van der Waals surface area contributed by atoms with E-state index in [0.717, 1.165) is 18.6 Å². The number of hydrogen-bond donors (Lipinski definition) is 2. The zero-order valence-corrected chi connectivity index (χ0v) is 10.7. The Morgan fingerprint density at radius 3 is 2.71 bits per heavy atom. The number of carbonyl (C=O) groups is 1. The van der Waals surface area contributed by atoms with Crippen LogP contribution < -0.4 is 5.32 Å². The van der Waals surface area contributed by atoms with Gasteiger partial charge < -0.3 is 9.52 Å². The van der Waals surface area contributed by atoms with Gasteiger partial charge in [0.25, 0.3) is 0 Å². The molecule has 0 radical (unpaired) electrons. The molecule has 1 rings (SSSR count). The molecule has 4 heteroatoms. The second kappa shape index (κ2) is 5.87. The molecule has 17 heavy (non-hydrogen) atoms. The first-order valence-electron chi connectivity index (χ1n) is 6.08. The lowest BCUT2D eigenvalue weighted by Crippen LogP contribution is -2.50. The lowest BCUT2D eigenvalue weighted by atomic mass is 9.94. The second-order valence-corrected chi connectivity index (χ2v) is 4.51. The van der Waals surface area contributed by atoms with Gasteiger partial charge in [-0.3, -0.25) is 10.1 Å². The van der Waals surface area contributed by atoms with E-state index < -0.39 is 11.5 Å². The van der Waals surface area contributed by atoms with E-state index in [4.69, 9.17) is 4.42 Å². The topological polar surface area (TPSA) is 62.5 Å². The zero-order valence-electron chi connectivity index (χ0n) is 10.7. The van der Waals surface area contributed by atoms with Crippen LogP contribution in [0.25, 0.3) is 0 Å². The zero-order chi connectivity index (χ0) is 12.9. The summed E-state index contributed by atoms with van der Waals surface area (Å²) in [5.41, 5.74) is -0.901. The first kappa shape index (κ1) is 13.8. The smallest absolute Gasteiger partial charge is 0.323 e. The van der Waals surface area contributed by atoms with Gasteiger partial charge in [-0.25, -0.2) is 0 Å². The van der Waals surface area contributed by atoms with Crippen molar-refractivity contribution in [3.63, 3.8) is 0 Å². The average molecular weight is 239 g/mol. The molecule has 0 aliphatic heterocycles. The minimum atomic E-state index is -0.901. The molecule has 96 valence electrons. The summed E-state index contributed by atoms with van der Waals surface area (Å²) in [6, 6.07) is 3.63. The van der Waals surface area contributed by atoms with Crippen molar-refractivity contribution in [1.82, 2.24) is 5.32 Å². The largest absolute Gasteiger partial charge is 0.480 e. The molecule has 4 nitrogen and oxygen atoms in total. The molecular weight excluding hydrogens is 218 g/mol. The van der Waals surface area contributed by atoms with Crippen LogP contribution in [-0.4, -0.2) is 16.6 Å². The maximum Gasteiger partial charge on any atom is 0.323 e. The number of hydrogen-bond acceptors (Lipinski definition) is 3. The summed E-state index contributed by atoms with van der Waals surface area (Å²) in [6.45, 7) is 5.72. The Morgan fingerprint density at radius 2 is 2.29 bits per heavy atom. The summed E-state index contributed by atoms with van der Waals surface area (Å²) < 4.78 is 5.33. The number of carboxylic acids is 1. The van der Waals surface area contributed by atoms with E-state index in [1.165, 1.54) is 0 Å². The SMILES string of the molecule is CCCC(C)(NC(CC)c1ccco1)C(=O)O. The van der Waals surface area contributed by atoms with E-state index in [2.05, 4.69) is 5.32 Å². The van der Waals surface area contributed by atoms with Crippen LogP contribution in [0.1, 0.15) is 51.8 Å². The van der Waals surface area contributed by atoms with Crippen molar-refractivity contribution in [2.45, 2.75) is 51.6 Å². The predicted octanol–water partition coefficient (Wildman–Crippen LogP) is 2.96. The highest BCUT2D eigenvalue weighted by Gasteiger charge is 2.34. The highest BCUT2D eigenvalue weighted by atomic mass is 16.4. The summed E-state index contributed by atoms with van der Waals surface area (Å²) in [7, 11) is 0. The third kappa shape index (κ3) is 3.33. The van der Waals surface area contributed by atoms with E-state index in [1.807, 2.05) is 26.0 Å². The minimum absolute atomic E-state index is 0.0577. The van der Waals surface area contributed by atoms with Crippen molar-refractivity contribution in [2.75, 3.05) is 0 Å². The van der Waals surface area contributed by atoms with E-state index in [-0.39, 0.29) is 6.04 Å². The van der Waals surface area contributed by atoms with Crippen molar-refractivity contribution >= 4 is 5.97 Å². The van der Waals surface area contributed by atoms with Crippen molar-refractivity contribution in [3.8, 4) is 0 Å². The molecule has 0 saturated heterocycles. The van der Waals surface area contributed by atoms with Gasteiger partial charge in [0.1, 0.15) is 11.3 Å². The molecule has 1 heterocycles. The third-order valence-electron chi connectivity index (χ3n) is 3.01. The molecule has 0 spiro atoms. The summed E-state index contributed by atoms with van der Waals surface area (Å²) >= 11 is 0. The van der Waals surface area contributed by atoms with E-state index >= 15 is 0 Å². The highest BCUT2D eigenvalue weighted by molar-refractivity contribution is 5.78. The Hall–Kier alpha value is -1.29. The van der Waals surface area contributed by atoms with Crippen LogP contribution in [0.5, 0.6) is 0 Å². The van der Waals surface area contributed by atoms with Gasteiger partial charge in [-0.1, -0.05) is 20.3 Å². The quantitative estimate of drug-likeness (QED) is 0.768. The highest BCUT2D eigenvalue weighted by Crippen LogP contribution is 2.23. The summed E-state index contributed by atoms with van der Waals surface area (Å²) in [6.07, 6.45) is 3.82. The average Bonchev–Trinajstić information content (AvgIpc) is 2.79. The second-order valence-electron chi connectivity index (χ2n) is 4.51. The Balaban J connectivity index is 2.81. The molecule has 2 atom stereocenters. The maximum atomic E-state index is 11.3. The number of furan rings is 1. The molecular formula is C13H21NO3. The molecule has 0 saturated carbocycles. The predicted molar refractivity (Wildman–Crippen MR) is 65.8 cm³/mol. The molecule has 2 unspecified atom stereocenters. The van der Waals surface area contributed by atoms with Gasteiger partial charge in [-0.05, 0) is 31.9 Å². The Bertz CT molecular complexity index is 348. The Labute approximate surface area is 102 Å². The fourth-order valence-electron chi connectivity index (χ4n) is 1.99. The van der Waals surface area contributed by atoms with E-state index in [1.54, 1.807) is 13.2 Å². The molecule has 0 aromatic carbocycles. The lowest BCUT2D eigenvalue weighted by Gasteiger charge is -2.30. The van der Waals surface area contributed by atoms with Crippen LogP contribution in [0.15, 0.2) is 22.8 Å². The van der Waals surface area contributed by atoms with Crippen LogP contribution in [0.3, 0.4) is 0 Å². The molecule has 1 aromatic rings. The van der Waals surface area contributed by atoms with Crippen LogP contribution >= 0.6 is 0 Å². The number of nitrogens with one attached hydrogen (secondary N) is 1. The number of rotatable bonds is 7. The van der Waals surface area contributed by atoms with Gasteiger partial charge in [0, 0.05) is 0 Å². The standard InChI is InChI=1S/C13H21NO3/c1-4-8-13(3,12(15)16)14-10(5-2)11-7-6-9-17-11/h6-7,9-10,14H,4-5,8H2,1-3H3,(H,15,16). The van der Waals surface area contributed by atoms with Crippen molar-refractivity contribution in [2.24, 2.45) is 0 Å². The minimum Gasteiger partial charge on any atom is -0.480 e. The number of carboxylic acid groups (broad SMARTS) is 1. The van der Waals surface area contributed by atoms with E-state index in [9.17, 15) is 9.90 Å². The first-order chi connectivity index (χ1) is 8.03. The van der Waals surface area contributed by atoms with Crippen molar-refractivity contribution in [1.29, 1.82) is 0 Å². The molecule has 0 amide bonds. The Morgan fingerprint density at radius 1 is 1.59 bits per heavy atom. The van der Waals surface area contributed by atoms with Crippen LogP contribution in [0.2, 0.25) is 0 Å². The Kier molecular flexibility index (Phi) is 4.75. The lowest BCUT2D eigenvalue weighted by molar-refractivity contribution is -0.145. The maximum absolute atomic E-state index is 11.3. The summed E-state index contributed by atoms with van der Waals surface area (Å²) in [4.78, 5) is 11.3. The van der Waals surface area contributed by atoms with Crippen molar-refractivity contribution in [3.05, 3.63) is 24.2 Å². The first-order valence-corrected chi connectivity index (χ1v) is 6.08. The molecule has 0 bridgehead atoms. The fourth-order valence-corrected chi connectivity index (χ4v) is 1.99. The molecule has 0 aliphatic rings. The van der Waals surface area contributed by atoms with Crippen LogP contribution in [-0.2, 0) is 4.79 Å². The van der Waals surface area contributed by atoms with Gasteiger partial charge in [-0.15, -0.1) is 0 Å². The molecule has 0 aliphatic carbocycles. The summed E-state index contributed by atoms with van der Waals surface area (Å²) in [5, 5.41) is 12.5.